The van der Waals surface area contributed by atoms with Gasteiger partial charge in [-0.2, -0.15) is 0 Å². The van der Waals surface area contributed by atoms with Crippen LogP contribution in [0.5, 0.6) is 0 Å². The maximum absolute atomic E-state index is 11.3. The molecule has 1 amide bonds. The normalized spacial score (nSPS) is 13.4. The summed E-state index contributed by atoms with van der Waals surface area (Å²) in [6.45, 7) is 4.41. The molecule has 17 heavy (non-hydrogen) atoms. The summed E-state index contributed by atoms with van der Waals surface area (Å²) in [5, 5.41) is 3.16. The average molecular weight is 275 g/mol. The van der Waals surface area contributed by atoms with Gasteiger partial charge in [-0.25, -0.2) is 0 Å². The molecule has 5 heteroatoms. The van der Waals surface area contributed by atoms with Gasteiger partial charge in [0.05, 0.1) is 6.04 Å². The minimum atomic E-state index is -0.436. The molecule has 0 heterocycles. The summed E-state index contributed by atoms with van der Waals surface area (Å²) >= 11 is 1.74. The fourth-order valence-corrected chi connectivity index (χ4v) is 2.12. The van der Waals surface area contributed by atoms with Gasteiger partial charge >= 0.3 is 0 Å². The lowest BCUT2D eigenvalue weighted by Crippen LogP contribution is -2.40. The summed E-state index contributed by atoms with van der Waals surface area (Å²) in [4.78, 5) is 12.5. The van der Waals surface area contributed by atoms with Crippen LogP contribution in [0.1, 0.15) is 13.8 Å². The van der Waals surface area contributed by atoms with Crippen LogP contribution in [0.4, 0.5) is 0 Å². The largest absolute Gasteiger partial charge is 0.354 e. The minimum Gasteiger partial charge on any atom is -0.354 e. The zero-order valence-electron chi connectivity index (χ0n) is 10.1. The molecule has 0 saturated heterocycles. The molecule has 1 aromatic carbocycles. The highest BCUT2D eigenvalue weighted by Gasteiger charge is 2.09. The van der Waals surface area contributed by atoms with Gasteiger partial charge in [0.2, 0.25) is 5.91 Å². The molecule has 96 valence electrons. The summed E-state index contributed by atoms with van der Waals surface area (Å²) in [6, 6.07) is 9.70. The molecule has 1 aromatic rings. The lowest BCUT2D eigenvalue weighted by Gasteiger charge is -2.13. The number of hydrogen-bond donors (Lipinski definition) is 2. The molecule has 0 aromatic heterocycles. The van der Waals surface area contributed by atoms with E-state index in [1.54, 1.807) is 18.7 Å². The van der Waals surface area contributed by atoms with Crippen molar-refractivity contribution in [3.8, 4) is 0 Å². The van der Waals surface area contributed by atoms with Crippen LogP contribution in [0.2, 0.25) is 0 Å². The molecule has 0 saturated carbocycles. The molecule has 2 atom stereocenters. The van der Waals surface area contributed by atoms with E-state index in [2.05, 4.69) is 24.4 Å². The molecular weight excluding hydrogens is 256 g/mol. The lowest BCUT2D eigenvalue weighted by atomic mass is 10.3. The number of halogens is 1. The van der Waals surface area contributed by atoms with Crippen molar-refractivity contribution in [1.82, 2.24) is 5.32 Å². The highest BCUT2D eigenvalue weighted by Crippen LogP contribution is 2.21. The van der Waals surface area contributed by atoms with E-state index in [9.17, 15) is 4.79 Å². The molecule has 0 aliphatic rings. The third-order valence-corrected chi connectivity index (χ3v) is 3.17. The van der Waals surface area contributed by atoms with E-state index in [-0.39, 0.29) is 18.3 Å². The predicted molar refractivity (Wildman–Crippen MR) is 75.7 cm³/mol. The topological polar surface area (TPSA) is 55.1 Å². The van der Waals surface area contributed by atoms with Gasteiger partial charge in [0.25, 0.3) is 0 Å². The summed E-state index contributed by atoms with van der Waals surface area (Å²) in [5.41, 5.74) is 5.46. The van der Waals surface area contributed by atoms with Crippen LogP contribution in [0, 0.1) is 0 Å². The molecule has 1 unspecified atom stereocenters. The van der Waals surface area contributed by atoms with Crippen molar-refractivity contribution in [1.29, 1.82) is 0 Å². The molecule has 1 rings (SSSR count). The third-order valence-electron chi connectivity index (χ3n) is 2.06. The Morgan fingerprint density at radius 3 is 2.47 bits per heavy atom. The third kappa shape index (κ3) is 6.56. The number of nitrogens with one attached hydrogen (secondary N) is 1. The first-order valence-corrected chi connectivity index (χ1v) is 6.22. The monoisotopic (exact) mass is 274 g/mol. The Labute approximate surface area is 113 Å². The second-order valence-corrected chi connectivity index (χ2v) is 5.29. The predicted octanol–water partition coefficient (Wildman–Crippen LogP) is 2.05. The first kappa shape index (κ1) is 16.3. The zero-order chi connectivity index (χ0) is 12.0. The summed E-state index contributed by atoms with van der Waals surface area (Å²) in [6.07, 6.45) is 0. The number of carbonyl (C=O) groups excluding carboxylic acids is 1. The molecule has 3 nitrogen and oxygen atoms in total. The Morgan fingerprint density at radius 2 is 1.94 bits per heavy atom. The quantitative estimate of drug-likeness (QED) is 0.808. The number of thioether (sulfide) groups is 1. The maximum Gasteiger partial charge on any atom is 0.236 e. The molecule has 0 bridgehead atoms. The Morgan fingerprint density at radius 1 is 1.35 bits per heavy atom. The number of rotatable bonds is 5. The summed E-state index contributed by atoms with van der Waals surface area (Å²) in [5.74, 6) is -0.0967. The van der Waals surface area contributed by atoms with Crippen LogP contribution in [-0.4, -0.2) is 23.7 Å². The van der Waals surface area contributed by atoms with Crippen molar-refractivity contribution in [3.05, 3.63) is 30.3 Å². The van der Waals surface area contributed by atoms with Gasteiger partial charge < -0.3 is 11.1 Å². The van der Waals surface area contributed by atoms with Crippen molar-refractivity contribution >= 4 is 30.1 Å². The van der Waals surface area contributed by atoms with Crippen molar-refractivity contribution in [2.24, 2.45) is 5.73 Å². The van der Waals surface area contributed by atoms with E-state index in [1.807, 2.05) is 18.2 Å². The van der Waals surface area contributed by atoms with Crippen LogP contribution in [-0.2, 0) is 4.79 Å². The van der Waals surface area contributed by atoms with Gasteiger partial charge in [-0.05, 0) is 19.1 Å². The van der Waals surface area contributed by atoms with E-state index >= 15 is 0 Å². The summed E-state index contributed by atoms with van der Waals surface area (Å²) in [7, 11) is 0. The standard InChI is InChI=1S/C12H18N2OS.ClH/c1-9(8-14-12(15)10(2)13)16-11-6-4-3-5-7-11;/h3-7,9-10H,8,13H2,1-2H3,(H,14,15);1H/t9?,10-;/m1./s1. The Kier molecular flexibility index (Phi) is 8.04. The Balaban J connectivity index is 0.00000256. The molecule has 0 radical (unpaired) electrons. The fraction of sp³-hybridized carbons (Fsp3) is 0.417. The van der Waals surface area contributed by atoms with Gasteiger partial charge in [0, 0.05) is 16.7 Å². The van der Waals surface area contributed by atoms with Crippen molar-refractivity contribution in [2.75, 3.05) is 6.54 Å². The number of benzene rings is 1. The number of carbonyl (C=O) groups is 1. The van der Waals surface area contributed by atoms with Gasteiger partial charge in [0.1, 0.15) is 0 Å². The zero-order valence-corrected chi connectivity index (χ0v) is 11.7. The highest BCUT2D eigenvalue weighted by molar-refractivity contribution is 8.00. The van der Waals surface area contributed by atoms with Gasteiger partial charge in [-0.15, -0.1) is 24.2 Å². The molecule has 0 fully saturated rings. The fourth-order valence-electron chi connectivity index (χ4n) is 1.18. The van der Waals surface area contributed by atoms with Crippen LogP contribution >= 0.6 is 24.2 Å². The molecule has 3 N–H and O–H groups in total. The van der Waals surface area contributed by atoms with Crippen molar-refractivity contribution in [3.63, 3.8) is 0 Å². The highest BCUT2D eigenvalue weighted by atomic mass is 35.5. The first-order valence-electron chi connectivity index (χ1n) is 5.34. The summed E-state index contributed by atoms with van der Waals surface area (Å²) < 4.78 is 0. The Hall–Kier alpha value is -0.710. The van der Waals surface area contributed by atoms with Crippen LogP contribution in [0.15, 0.2) is 35.2 Å². The van der Waals surface area contributed by atoms with E-state index in [0.29, 0.717) is 11.8 Å². The molecular formula is C12H19ClN2OS. The van der Waals surface area contributed by atoms with Crippen molar-refractivity contribution in [2.45, 2.75) is 30.0 Å². The van der Waals surface area contributed by atoms with E-state index in [4.69, 9.17) is 5.73 Å². The SMILES string of the molecule is CC(CNC(=O)[C@@H](C)N)Sc1ccccc1.Cl. The second-order valence-electron chi connectivity index (χ2n) is 3.78. The maximum atomic E-state index is 11.3. The van der Waals surface area contributed by atoms with E-state index in [1.165, 1.54) is 4.90 Å². The molecule has 0 spiro atoms. The minimum absolute atomic E-state index is 0. The Bertz CT molecular complexity index is 333. The number of amides is 1. The van der Waals surface area contributed by atoms with Crippen LogP contribution in [0.25, 0.3) is 0 Å². The molecule has 0 aliphatic heterocycles. The van der Waals surface area contributed by atoms with Crippen molar-refractivity contribution < 1.29 is 4.79 Å². The molecule has 0 aliphatic carbocycles. The van der Waals surface area contributed by atoms with Crippen LogP contribution in [0.3, 0.4) is 0 Å². The smallest absolute Gasteiger partial charge is 0.236 e. The van der Waals surface area contributed by atoms with Gasteiger partial charge in [-0.1, -0.05) is 25.1 Å². The first-order chi connectivity index (χ1) is 7.59. The second kappa shape index (κ2) is 8.39. The van der Waals surface area contributed by atoms with Gasteiger partial charge in [-0.3, -0.25) is 4.79 Å². The van der Waals surface area contributed by atoms with E-state index < -0.39 is 6.04 Å². The van der Waals surface area contributed by atoms with E-state index in [0.717, 1.165) is 0 Å². The lowest BCUT2D eigenvalue weighted by molar-refractivity contribution is -0.121. The van der Waals surface area contributed by atoms with Gasteiger partial charge in [0.15, 0.2) is 0 Å². The van der Waals surface area contributed by atoms with Crippen LogP contribution < -0.4 is 11.1 Å². The number of nitrogens with two attached hydrogens (primary N) is 1. The average Bonchev–Trinajstić information content (AvgIpc) is 2.27. The number of hydrogen-bond acceptors (Lipinski definition) is 3.